The second kappa shape index (κ2) is 5.83. The van der Waals surface area contributed by atoms with E-state index in [9.17, 15) is 0 Å². The van der Waals surface area contributed by atoms with E-state index in [0.29, 0.717) is 12.2 Å². The Balaban J connectivity index is 1.63. The summed E-state index contributed by atoms with van der Waals surface area (Å²) in [6.45, 7) is 5.16. The van der Waals surface area contributed by atoms with Gasteiger partial charge in [0.25, 0.3) is 0 Å². The van der Waals surface area contributed by atoms with Crippen LogP contribution in [0.25, 0.3) is 0 Å². The topological polar surface area (TPSA) is 33.3 Å². The number of rotatable bonds is 3. The van der Waals surface area contributed by atoms with Crippen LogP contribution in [0.4, 0.5) is 0 Å². The summed E-state index contributed by atoms with van der Waals surface area (Å²) in [4.78, 5) is 0. The molecule has 0 aromatic rings. The fraction of sp³-hybridized carbons (Fsp3) is 1.00. The molecular formula is C12H24N2O. The molecule has 1 aliphatic heterocycles. The highest BCUT2D eigenvalue weighted by molar-refractivity contribution is 4.77. The Bertz CT molecular complexity index is 180. The Hall–Kier alpha value is -0.120. The molecule has 0 radical (unpaired) electrons. The highest BCUT2D eigenvalue weighted by Gasteiger charge is 2.20. The van der Waals surface area contributed by atoms with Crippen LogP contribution in [0.3, 0.4) is 0 Å². The summed E-state index contributed by atoms with van der Waals surface area (Å²) >= 11 is 0. The van der Waals surface area contributed by atoms with Gasteiger partial charge in [0.2, 0.25) is 0 Å². The molecule has 1 saturated heterocycles. The summed E-state index contributed by atoms with van der Waals surface area (Å²) in [5.74, 6) is 0. The van der Waals surface area contributed by atoms with E-state index in [1.165, 1.54) is 32.1 Å². The monoisotopic (exact) mass is 212 g/mol. The van der Waals surface area contributed by atoms with Gasteiger partial charge in [-0.15, -0.1) is 0 Å². The van der Waals surface area contributed by atoms with Crippen molar-refractivity contribution in [3.8, 4) is 0 Å². The van der Waals surface area contributed by atoms with Crippen molar-refractivity contribution in [1.29, 1.82) is 0 Å². The van der Waals surface area contributed by atoms with Gasteiger partial charge in [0.1, 0.15) is 0 Å². The minimum absolute atomic E-state index is 0.371. The summed E-state index contributed by atoms with van der Waals surface area (Å²) < 4.78 is 5.85. The van der Waals surface area contributed by atoms with Crippen LogP contribution < -0.4 is 10.6 Å². The van der Waals surface area contributed by atoms with Crippen LogP contribution in [0.15, 0.2) is 0 Å². The average molecular weight is 212 g/mol. The van der Waals surface area contributed by atoms with Crippen molar-refractivity contribution in [1.82, 2.24) is 10.6 Å². The van der Waals surface area contributed by atoms with Crippen LogP contribution in [-0.2, 0) is 4.74 Å². The number of nitrogens with one attached hydrogen (secondary N) is 2. The van der Waals surface area contributed by atoms with Gasteiger partial charge in [0.05, 0.1) is 12.2 Å². The molecule has 0 spiro atoms. The summed E-state index contributed by atoms with van der Waals surface area (Å²) in [6, 6.07) is 0.750. The molecule has 3 nitrogen and oxygen atoms in total. The predicted molar refractivity (Wildman–Crippen MR) is 62.1 cm³/mol. The van der Waals surface area contributed by atoms with E-state index >= 15 is 0 Å². The Labute approximate surface area is 93.0 Å². The number of hydrogen-bond donors (Lipinski definition) is 2. The SMILES string of the molecule is C[C@@H]1CNC[C@@H](CNC2CCCCC2)O1. The van der Waals surface area contributed by atoms with Crippen LogP contribution in [-0.4, -0.2) is 37.9 Å². The molecule has 0 unspecified atom stereocenters. The number of ether oxygens (including phenoxy) is 1. The van der Waals surface area contributed by atoms with Gasteiger partial charge in [-0.25, -0.2) is 0 Å². The summed E-state index contributed by atoms with van der Waals surface area (Å²) in [5.41, 5.74) is 0. The lowest BCUT2D eigenvalue weighted by molar-refractivity contribution is -0.0272. The highest BCUT2D eigenvalue weighted by Crippen LogP contribution is 2.17. The largest absolute Gasteiger partial charge is 0.371 e. The Morgan fingerprint density at radius 1 is 1.20 bits per heavy atom. The molecule has 0 bridgehead atoms. The lowest BCUT2D eigenvalue weighted by atomic mass is 9.95. The Morgan fingerprint density at radius 3 is 2.73 bits per heavy atom. The standard InChI is InChI=1S/C12H24N2O/c1-10-7-13-8-12(15-10)9-14-11-5-3-2-4-6-11/h10-14H,2-9H2,1H3/t10-,12+/m1/s1. The lowest BCUT2D eigenvalue weighted by Gasteiger charge is -2.31. The van der Waals surface area contributed by atoms with Gasteiger partial charge in [0, 0.05) is 25.7 Å². The van der Waals surface area contributed by atoms with Crippen LogP contribution in [0.1, 0.15) is 39.0 Å². The minimum atomic E-state index is 0.371. The summed E-state index contributed by atoms with van der Waals surface area (Å²) in [7, 11) is 0. The Kier molecular flexibility index (Phi) is 4.42. The molecule has 0 aromatic carbocycles. The van der Waals surface area contributed by atoms with E-state index in [2.05, 4.69) is 17.6 Å². The molecule has 3 heteroatoms. The van der Waals surface area contributed by atoms with Gasteiger partial charge in [-0.1, -0.05) is 19.3 Å². The molecule has 2 fully saturated rings. The molecular weight excluding hydrogens is 188 g/mol. The fourth-order valence-electron chi connectivity index (χ4n) is 2.60. The number of morpholine rings is 1. The maximum Gasteiger partial charge on any atom is 0.0827 e. The normalized spacial score (nSPS) is 34.2. The van der Waals surface area contributed by atoms with Crippen molar-refractivity contribution in [2.45, 2.75) is 57.3 Å². The predicted octanol–water partition coefficient (Wildman–Crippen LogP) is 1.29. The van der Waals surface area contributed by atoms with Crippen molar-refractivity contribution in [2.24, 2.45) is 0 Å². The first kappa shape index (κ1) is 11.4. The van der Waals surface area contributed by atoms with Crippen molar-refractivity contribution >= 4 is 0 Å². The van der Waals surface area contributed by atoms with Gasteiger partial charge in [0.15, 0.2) is 0 Å². The van der Waals surface area contributed by atoms with Gasteiger partial charge >= 0.3 is 0 Å². The highest BCUT2D eigenvalue weighted by atomic mass is 16.5. The van der Waals surface area contributed by atoms with E-state index < -0.39 is 0 Å². The molecule has 1 saturated carbocycles. The maximum atomic E-state index is 5.85. The van der Waals surface area contributed by atoms with Gasteiger partial charge < -0.3 is 15.4 Å². The molecule has 2 rings (SSSR count). The summed E-state index contributed by atoms with van der Waals surface area (Å²) in [6.07, 6.45) is 7.69. The molecule has 15 heavy (non-hydrogen) atoms. The van der Waals surface area contributed by atoms with Gasteiger partial charge in [-0.05, 0) is 19.8 Å². The third-order valence-electron chi connectivity index (χ3n) is 3.47. The number of hydrogen-bond acceptors (Lipinski definition) is 3. The van der Waals surface area contributed by atoms with Crippen molar-refractivity contribution in [3.63, 3.8) is 0 Å². The molecule has 2 aliphatic rings. The van der Waals surface area contributed by atoms with E-state index in [4.69, 9.17) is 4.74 Å². The molecule has 0 aromatic heterocycles. The second-order valence-corrected chi connectivity index (χ2v) is 4.97. The molecule has 2 atom stereocenters. The molecule has 1 heterocycles. The molecule has 1 aliphatic carbocycles. The summed E-state index contributed by atoms with van der Waals surface area (Å²) in [5, 5.41) is 7.05. The van der Waals surface area contributed by atoms with Crippen molar-refractivity contribution < 1.29 is 4.74 Å². The zero-order valence-corrected chi connectivity index (χ0v) is 9.80. The molecule has 88 valence electrons. The van der Waals surface area contributed by atoms with Crippen molar-refractivity contribution in [3.05, 3.63) is 0 Å². The maximum absolute atomic E-state index is 5.85. The second-order valence-electron chi connectivity index (χ2n) is 4.97. The molecule has 0 amide bonds. The van der Waals surface area contributed by atoms with E-state index in [1.807, 2.05) is 0 Å². The third kappa shape index (κ3) is 3.74. The van der Waals surface area contributed by atoms with E-state index in [-0.39, 0.29) is 0 Å². The van der Waals surface area contributed by atoms with Crippen LogP contribution in [0.2, 0.25) is 0 Å². The quantitative estimate of drug-likeness (QED) is 0.739. The smallest absolute Gasteiger partial charge is 0.0827 e. The minimum Gasteiger partial charge on any atom is -0.371 e. The fourth-order valence-corrected chi connectivity index (χ4v) is 2.60. The Morgan fingerprint density at radius 2 is 2.00 bits per heavy atom. The average Bonchev–Trinajstić information content (AvgIpc) is 2.28. The van der Waals surface area contributed by atoms with E-state index in [1.54, 1.807) is 0 Å². The lowest BCUT2D eigenvalue weighted by Crippen LogP contribution is -2.49. The first-order valence-electron chi connectivity index (χ1n) is 6.44. The first-order valence-corrected chi connectivity index (χ1v) is 6.44. The molecule has 2 N–H and O–H groups in total. The zero-order chi connectivity index (χ0) is 10.5. The van der Waals surface area contributed by atoms with Gasteiger partial charge in [-0.3, -0.25) is 0 Å². The van der Waals surface area contributed by atoms with Crippen LogP contribution >= 0.6 is 0 Å². The van der Waals surface area contributed by atoms with Gasteiger partial charge in [-0.2, -0.15) is 0 Å². The van der Waals surface area contributed by atoms with Crippen LogP contribution in [0, 0.1) is 0 Å². The van der Waals surface area contributed by atoms with Crippen molar-refractivity contribution in [2.75, 3.05) is 19.6 Å². The third-order valence-corrected chi connectivity index (χ3v) is 3.47. The first-order chi connectivity index (χ1) is 7.34. The van der Waals surface area contributed by atoms with Crippen LogP contribution in [0.5, 0.6) is 0 Å². The van der Waals surface area contributed by atoms with E-state index in [0.717, 1.165) is 25.7 Å². The zero-order valence-electron chi connectivity index (χ0n) is 9.80.